The van der Waals surface area contributed by atoms with Gasteiger partial charge < -0.3 is 15.7 Å². The molecule has 0 spiro atoms. The van der Waals surface area contributed by atoms with Crippen LogP contribution in [0.4, 0.5) is 10.1 Å². The molecule has 0 atom stereocenters. The van der Waals surface area contributed by atoms with E-state index in [-0.39, 0.29) is 5.91 Å². The van der Waals surface area contributed by atoms with E-state index >= 15 is 0 Å². The van der Waals surface area contributed by atoms with E-state index < -0.39 is 11.6 Å². The molecule has 0 aromatic heterocycles. The van der Waals surface area contributed by atoms with Gasteiger partial charge in [0.1, 0.15) is 0 Å². The average molecular weight is 240 g/mol. The number of aromatic hydroxyl groups is 1. The standard InChI is InChI=1S/C12H17FN2O2/c1-8(2)14-6-5-12(17)15-9-3-4-11(16)10(13)7-9/h3-4,7-8,14,16H,5-6H2,1-2H3,(H,15,17). The van der Waals surface area contributed by atoms with E-state index in [1.807, 2.05) is 13.8 Å². The van der Waals surface area contributed by atoms with Crippen LogP contribution < -0.4 is 10.6 Å². The van der Waals surface area contributed by atoms with Crippen LogP contribution in [-0.2, 0) is 4.79 Å². The van der Waals surface area contributed by atoms with Crippen molar-refractivity contribution in [2.45, 2.75) is 26.3 Å². The summed E-state index contributed by atoms with van der Waals surface area (Å²) in [4.78, 5) is 11.5. The molecule has 0 heterocycles. The molecule has 1 amide bonds. The fourth-order valence-electron chi connectivity index (χ4n) is 1.28. The first kappa shape index (κ1) is 13.4. The second kappa shape index (κ2) is 6.20. The molecule has 0 fully saturated rings. The third-order valence-corrected chi connectivity index (χ3v) is 2.14. The third-order valence-electron chi connectivity index (χ3n) is 2.14. The lowest BCUT2D eigenvalue weighted by atomic mass is 10.2. The van der Waals surface area contributed by atoms with Crippen LogP contribution in [0.1, 0.15) is 20.3 Å². The summed E-state index contributed by atoms with van der Waals surface area (Å²) in [6, 6.07) is 4.07. The molecule has 0 saturated carbocycles. The molecule has 0 aliphatic heterocycles. The molecule has 94 valence electrons. The summed E-state index contributed by atoms with van der Waals surface area (Å²) in [5.41, 5.74) is 0.342. The Hall–Kier alpha value is -1.62. The maximum atomic E-state index is 13.0. The van der Waals surface area contributed by atoms with Gasteiger partial charge in [0.25, 0.3) is 0 Å². The second-order valence-corrected chi connectivity index (χ2v) is 4.07. The second-order valence-electron chi connectivity index (χ2n) is 4.07. The fourth-order valence-corrected chi connectivity index (χ4v) is 1.28. The number of amides is 1. The van der Waals surface area contributed by atoms with Crippen LogP contribution in [-0.4, -0.2) is 23.6 Å². The van der Waals surface area contributed by atoms with Crippen molar-refractivity contribution < 1.29 is 14.3 Å². The number of carbonyl (C=O) groups is 1. The van der Waals surface area contributed by atoms with E-state index in [0.29, 0.717) is 24.7 Å². The van der Waals surface area contributed by atoms with Crippen LogP contribution in [0.3, 0.4) is 0 Å². The minimum Gasteiger partial charge on any atom is -0.505 e. The van der Waals surface area contributed by atoms with Crippen LogP contribution >= 0.6 is 0 Å². The van der Waals surface area contributed by atoms with E-state index in [1.54, 1.807) is 0 Å². The number of phenolic OH excluding ortho intramolecular Hbond substituents is 1. The molecule has 0 radical (unpaired) electrons. The van der Waals surface area contributed by atoms with Gasteiger partial charge in [0.2, 0.25) is 5.91 Å². The first-order chi connectivity index (χ1) is 7.99. The topological polar surface area (TPSA) is 61.4 Å². The predicted molar refractivity (Wildman–Crippen MR) is 64.5 cm³/mol. The highest BCUT2D eigenvalue weighted by Gasteiger charge is 2.05. The summed E-state index contributed by atoms with van der Waals surface area (Å²) in [6.07, 6.45) is 0.320. The minimum absolute atomic E-state index is 0.191. The quantitative estimate of drug-likeness (QED) is 0.688. The summed E-state index contributed by atoms with van der Waals surface area (Å²) in [6.45, 7) is 4.56. The number of hydrogen-bond acceptors (Lipinski definition) is 3. The number of rotatable bonds is 5. The minimum atomic E-state index is -0.747. The van der Waals surface area contributed by atoms with Gasteiger partial charge in [0, 0.05) is 30.8 Å². The molecule has 1 rings (SSSR count). The van der Waals surface area contributed by atoms with Crippen molar-refractivity contribution in [1.29, 1.82) is 0 Å². The van der Waals surface area contributed by atoms with Gasteiger partial charge in [-0.2, -0.15) is 0 Å². The molecule has 4 nitrogen and oxygen atoms in total. The van der Waals surface area contributed by atoms with Crippen LogP contribution in [0.5, 0.6) is 5.75 Å². The lowest BCUT2D eigenvalue weighted by Crippen LogP contribution is -2.27. The molecule has 3 N–H and O–H groups in total. The highest BCUT2D eigenvalue weighted by molar-refractivity contribution is 5.90. The SMILES string of the molecule is CC(C)NCCC(=O)Nc1ccc(O)c(F)c1. The van der Waals surface area contributed by atoms with Gasteiger partial charge in [0.15, 0.2) is 11.6 Å². The Morgan fingerprint density at radius 1 is 1.47 bits per heavy atom. The first-order valence-electron chi connectivity index (χ1n) is 5.51. The van der Waals surface area contributed by atoms with Crippen LogP contribution in [0.15, 0.2) is 18.2 Å². The molecule has 17 heavy (non-hydrogen) atoms. The monoisotopic (exact) mass is 240 g/mol. The predicted octanol–water partition coefficient (Wildman–Crippen LogP) is 1.86. The average Bonchev–Trinajstić information content (AvgIpc) is 2.23. The molecule has 0 unspecified atom stereocenters. The van der Waals surface area contributed by atoms with E-state index in [0.717, 1.165) is 6.07 Å². The van der Waals surface area contributed by atoms with Crippen LogP contribution in [0.25, 0.3) is 0 Å². The largest absolute Gasteiger partial charge is 0.505 e. The van der Waals surface area contributed by atoms with E-state index in [2.05, 4.69) is 10.6 Å². The molecular weight excluding hydrogens is 223 g/mol. The lowest BCUT2D eigenvalue weighted by molar-refractivity contribution is -0.116. The molecule has 0 bridgehead atoms. The van der Waals surface area contributed by atoms with Gasteiger partial charge in [-0.05, 0) is 12.1 Å². The van der Waals surface area contributed by atoms with Gasteiger partial charge in [-0.25, -0.2) is 4.39 Å². The zero-order chi connectivity index (χ0) is 12.8. The molecule has 5 heteroatoms. The Bertz CT molecular complexity index is 394. The number of anilines is 1. The van der Waals surface area contributed by atoms with Crippen molar-refractivity contribution in [2.24, 2.45) is 0 Å². The highest BCUT2D eigenvalue weighted by Crippen LogP contribution is 2.19. The van der Waals surface area contributed by atoms with E-state index in [1.165, 1.54) is 12.1 Å². The van der Waals surface area contributed by atoms with Gasteiger partial charge in [-0.15, -0.1) is 0 Å². The zero-order valence-corrected chi connectivity index (χ0v) is 9.96. The Balaban J connectivity index is 2.42. The molecule has 1 aromatic rings. The Morgan fingerprint density at radius 3 is 2.76 bits per heavy atom. The van der Waals surface area contributed by atoms with Crippen molar-refractivity contribution in [3.63, 3.8) is 0 Å². The summed E-state index contributed by atoms with van der Waals surface area (Å²) in [7, 11) is 0. The molecule has 0 saturated heterocycles. The first-order valence-corrected chi connectivity index (χ1v) is 5.51. The van der Waals surface area contributed by atoms with Crippen molar-refractivity contribution in [3.8, 4) is 5.75 Å². The number of phenols is 1. The fraction of sp³-hybridized carbons (Fsp3) is 0.417. The Labute approximate surface area is 99.8 Å². The van der Waals surface area contributed by atoms with Crippen LogP contribution in [0.2, 0.25) is 0 Å². The molecule has 1 aromatic carbocycles. The van der Waals surface area contributed by atoms with Gasteiger partial charge in [-0.3, -0.25) is 4.79 Å². The summed E-state index contributed by atoms with van der Waals surface area (Å²) in [5.74, 6) is -1.36. The lowest BCUT2D eigenvalue weighted by Gasteiger charge is -2.08. The highest BCUT2D eigenvalue weighted by atomic mass is 19.1. The number of benzene rings is 1. The van der Waals surface area contributed by atoms with Crippen LogP contribution in [0, 0.1) is 5.82 Å². The van der Waals surface area contributed by atoms with Gasteiger partial charge >= 0.3 is 0 Å². The Kier molecular flexibility index (Phi) is 4.90. The van der Waals surface area contributed by atoms with Gasteiger partial charge in [0.05, 0.1) is 0 Å². The van der Waals surface area contributed by atoms with Crippen molar-refractivity contribution in [3.05, 3.63) is 24.0 Å². The molecular formula is C12H17FN2O2. The maximum absolute atomic E-state index is 13.0. The summed E-state index contributed by atoms with van der Waals surface area (Å²) >= 11 is 0. The molecule has 0 aliphatic carbocycles. The normalized spacial score (nSPS) is 10.6. The Morgan fingerprint density at radius 2 is 2.18 bits per heavy atom. The number of halogens is 1. The summed E-state index contributed by atoms with van der Waals surface area (Å²) < 4.78 is 13.0. The van der Waals surface area contributed by atoms with Crippen molar-refractivity contribution in [1.82, 2.24) is 5.32 Å². The molecule has 0 aliphatic rings. The maximum Gasteiger partial charge on any atom is 0.225 e. The van der Waals surface area contributed by atoms with Crippen molar-refractivity contribution >= 4 is 11.6 Å². The smallest absolute Gasteiger partial charge is 0.225 e. The van der Waals surface area contributed by atoms with Gasteiger partial charge in [-0.1, -0.05) is 13.8 Å². The van der Waals surface area contributed by atoms with Crippen molar-refractivity contribution in [2.75, 3.05) is 11.9 Å². The number of nitrogens with one attached hydrogen (secondary N) is 2. The van der Waals surface area contributed by atoms with E-state index in [9.17, 15) is 9.18 Å². The number of carbonyl (C=O) groups excluding carboxylic acids is 1. The van der Waals surface area contributed by atoms with E-state index in [4.69, 9.17) is 5.11 Å². The zero-order valence-electron chi connectivity index (χ0n) is 9.96. The number of hydrogen-bond donors (Lipinski definition) is 3. The third kappa shape index (κ3) is 4.82. The summed E-state index contributed by atoms with van der Waals surface area (Å²) in [5, 5.41) is 14.6.